The number of carbonyl (C=O) groups excluding carboxylic acids is 3. The van der Waals surface area contributed by atoms with Crippen molar-refractivity contribution < 1.29 is 48.3 Å². The lowest BCUT2D eigenvalue weighted by molar-refractivity contribution is -0.209. The first-order valence-corrected chi connectivity index (χ1v) is 15.9. The topological polar surface area (TPSA) is 150 Å². The second-order valence-electron chi connectivity index (χ2n) is 13.3. The number of amides is 1. The van der Waals surface area contributed by atoms with Crippen LogP contribution in [0.15, 0.2) is 42.2 Å². The normalized spacial score (nSPS) is 24.8. The molecule has 4 unspecified atom stereocenters. The number of carbonyl (C=O) groups is 3. The van der Waals surface area contributed by atoms with Crippen LogP contribution in [0.3, 0.4) is 0 Å². The molecule has 3 N–H and O–H groups in total. The second kappa shape index (κ2) is 14.0. The Balaban J connectivity index is 1.30. The second-order valence-corrected chi connectivity index (χ2v) is 13.3. The summed E-state index contributed by atoms with van der Waals surface area (Å²) in [5, 5.41) is 21.7. The van der Waals surface area contributed by atoms with Gasteiger partial charge in [-0.2, -0.15) is 0 Å². The van der Waals surface area contributed by atoms with Crippen molar-refractivity contribution in [2.45, 2.75) is 101 Å². The summed E-state index contributed by atoms with van der Waals surface area (Å²) < 4.78 is 29.9. The number of benzene rings is 1. The van der Waals surface area contributed by atoms with Crippen molar-refractivity contribution in [3.63, 3.8) is 0 Å². The molecule has 0 radical (unpaired) electrons. The highest BCUT2D eigenvalue weighted by Crippen LogP contribution is 2.59. The maximum atomic E-state index is 13.5. The predicted octanol–water partition coefficient (Wildman–Crippen LogP) is 3.42. The van der Waals surface area contributed by atoms with Crippen molar-refractivity contribution >= 4 is 23.9 Å². The fourth-order valence-corrected chi connectivity index (χ4v) is 5.96. The smallest absolute Gasteiger partial charge is 0.338 e. The van der Waals surface area contributed by atoms with Crippen LogP contribution in [0.5, 0.6) is 0 Å². The average molecular weight is 628 g/mol. The van der Waals surface area contributed by atoms with Gasteiger partial charge in [0.1, 0.15) is 30.5 Å². The van der Waals surface area contributed by atoms with E-state index in [2.05, 4.69) is 5.32 Å². The molecule has 4 atom stereocenters. The molecule has 2 saturated carbocycles. The number of ether oxygens (including phenoxy) is 5. The van der Waals surface area contributed by atoms with E-state index in [1.807, 2.05) is 6.07 Å². The zero-order valence-corrected chi connectivity index (χ0v) is 26.2. The van der Waals surface area contributed by atoms with Gasteiger partial charge >= 0.3 is 11.9 Å². The van der Waals surface area contributed by atoms with Crippen LogP contribution >= 0.6 is 0 Å². The molecule has 246 valence electrons. The maximum absolute atomic E-state index is 13.5. The number of hydrogen-bond acceptors (Lipinski definition) is 10. The Labute approximate surface area is 263 Å². The Kier molecular flexibility index (Phi) is 10.3. The van der Waals surface area contributed by atoms with E-state index in [-0.39, 0.29) is 50.9 Å². The van der Waals surface area contributed by atoms with E-state index in [4.69, 9.17) is 28.8 Å². The molecular formula is C34H45NO10. The average Bonchev–Trinajstić information content (AvgIpc) is 3.94. The van der Waals surface area contributed by atoms with Crippen molar-refractivity contribution in [3.05, 3.63) is 53.3 Å². The van der Waals surface area contributed by atoms with Gasteiger partial charge in [-0.1, -0.05) is 12.1 Å². The third-order valence-corrected chi connectivity index (χ3v) is 8.32. The first-order valence-electron chi connectivity index (χ1n) is 15.9. The zero-order chi connectivity index (χ0) is 32.2. The molecular weight excluding hydrogens is 582 g/mol. The van der Waals surface area contributed by atoms with E-state index in [1.54, 1.807) is 51.1 Å². The lowest BCUT2D eigenvalue weighted by Gasteiger charge is -2.31. The summed E-state index contributed by atoms with van der Waals surface area (Å²) in [6, 6.07) is 6.20. The monoisotopic (exact) mass is 627 g/mol. The van der Waals surface area contributed by atoms with E-state index in [0.717, 1.165) is 25.7 Å². The van der Waals surface area contributed by atoms with E-state index >= 15 is 0 Å². The molecule has 45 heavy (non-hydrogen) atoms. The van der Waals surface area contributed by atoms with Crippen LogP contribution in [0.2, 0.25) is 0 Å². The van der Waals surface area contributed by atoms with Gasteiger partial charge in [0, 0.05) is 30.3 Å². The first-order chi connectivity index (χ1) is 21.5. The Morgan fingerprint density at radius 2 is 1.84 bits per heavy atom. The summed E-state index contributed by atoms with van der Waals surface area (Å²) in [5.74, 6) is -1.57. The number of aliphatic hydroxyl groups excluding tert-OH is 2. The third-order valence-electron chi connectivity index (χ3n) is 8.32. The number of rotatable bonds is 14. The summed E-state index contributed by atoms with van der Waals surface area (Å²) >= 11 is 0. The highest BCUT2D eigenvalue weighted by Gasteiger charge is 2.64. The highest BCUT2D eigenvalue weighted by molar-refractivity contribution is 5.94. The fraction of sp³-hybridized carbons (Fsp3) is 0.618. The highest BCUT2D eigenvalue weighted by atomic mass is 16.8. The molecule has 1 aromatic carbocycles. The molecule has 0 aromatic heterocycles. The van der Waals surface area contributed by atoms with Crippen LogP contribution in [-0.2, 0) is 33.3 Å². The quantitative estimate of drug-likeness (QED) is 0.159. The molecule has 3 aliphatic carbocycles. The molecule has 1 aliphatic heterocycles. The molecule has 1 saturated heterocycles. The van der Waals surface area contributed by atoms with E-state index in [9.17, 15) is 19.5 Å². The van der Waals surface area contributed by atoms with Crippen LogP contribution in [-0.4, -0.2) is 83.6 Å². The van der Waals surface area contributed by atoms with Crippen LogP contribution in [0, 0.1) is 11.8 Å². The van der Waals surface area contributed by atoms with Crippen LogP contribution < -0.4 is 5.32 Å². The summed E-state index contributed by atoms with van der Waals surface area (Å²) in [7, 11) is 0. The Bertz CT molecular complexity index is 1280. The predicted molar refractivity (Wildman–Crippen MR) is 162 cm³/mol. The Morgan fingerprint density at radius 3 is 2.49 bits per heavy atom. The SMILES string of the molecule is CC(C)(C)OC(=O)CCC(CO)NC(=O)C1=CC2OC(C3CC3)(C3CC3)OC2C(OC(=O)c2cccc(C=COCCO)c2)C1. The van der Waals surface area contributed by atoms with Crippen LogP contribution in [0.4, 0.5) is 0 Å². The van der Waals surface area contributed by atoms with Gasteiger partial charge in [-0.15, -0.1) is 0 Å². The first kappa shape index (κ1) is 33.1. The molecule has 1 heterocycles. The molecule has 1 amide bonds. The standard InChI is InChI=1S/C34H45NO10/c1-33(2,3)44-29(38)12-11-26(20-37)35-31(39)23-18-27(30-28(19-23)43-34(45-30,24-7-8-24)25-9-10-25)42-32(40)22-6-4-5-21(17-22)13-15-41-16-14-36/h4-6,13,15,17,19,24-28,30,36-37H,7-12,14,16,18,20H2,1-3H3,(H,35,39). The lowest BCUT2D eigenvalue weighted by atomic mass is 9.91. The zero-order valence-electron chi connectivity index (χ0n) is 26.2. The van der Waals surface area contributed by atoms with Gasteiger partial charge in [-0.05, 0) is 82.7 Å². The molecule has 3 fully saturated rings. The van der Waals surface area contributed by atoms with Gasteiger partial charge in [0.25, 0.3) is 0 Å². The molecule has 11 heteroatoms. The minimum atomic E-state index is -0.783. The van der Waals surface area contributed by atoms with Gasteiger partial charge < -0.3 is 39.2 Å². The molecule has 0 bridgehead atoms. The number of nitrogens with one attached hydrogen (secondary N) is 1. The van der Waals surface area contributed by atoms with E-state index in [1.165, 1.54) is 6.26 Å². The van der Waals surface area contributed by atoms with E-state index in [0.29, 0.717) is 16.7 Å². The van der Waals surface area contributed by atoms with Gasteiger partial charge in [0.05, 0.1) is 31.1 Å². The Morgan fingerprint density at radius 1 is 1.11 bits per heavy atom. The van der Waals surface area contributed by atoms with E-state index < -0.39 is 53.6 Å². The Hall–Kier alpha value is -3.25. The summed E-state index contributed by atoms with van der Waals surface area (Å²) in [6.45, 7) is 5.05. The largest absolute Gasteiger partial charge is 0.499 e. The molecule has 4 aliphatic rings. The van der Waals surface area contributed by atoms with Crippen molar-refractivity contribution in [1.29, 1.82) is 0 Å². The third kappa shape index (κ3) is 8.52. The minimum Gasteiger partial charge on any atom is -0.499 e. The summed E-state index contributed by atoms with van der Waals surface area (Å²) in [4.78, 5) is 39.1. The molecule has 0 spiro atoms. The van der Waals surface area contributed by atoms with Gasteiger partial charge in [0.2, 0.25) is 5.91 Å². The number of aliphatic hydroxyl groups is 2. The van der Waals surface area contributed by atoms with Gasteiger partial charge in [0.15, 0.2) is 5.79 Å². The van der Waals surface area contributed by atoms with Gasteiger partial charge in [-0.25, -0.2) is 4.79 Å². The number of hydrogen-bond donors (Lipinski definition) is 3. The van der Waals surface area contributed by atoms with Crippen molar-refractivity contribution in [1.82, 2.24) is 5.32 Å². The van der Waals surface area contributed by atoms with Crippen molar-refractivity contribution in [2.75, 3.05) is 19.8 Å². The van der Waals surface area contributed by atoms with Crippen molar-refractivity contribution in [3.8, 4) is 0 Å². The molecule has 11 nitrogen and oxygen atoms in total. The minimum absolute atomic E-state index is 0.0385. The summed E-state index contributed by atoms with van der Waals surface area (Å²) in [6.07, 6.45) is 7.35. The van der Waals surface area contributed by atoms with Crippen LogP contribution in [0.1, 0.15) is 81.6 Å². The van der Waals surface area contributed by atoms with Crippen LogP contribution in [0.25, 0.3) is 6.08 Å². The molecule has 5 rings (SSSR count). The number of fused-ring (bicyclic) bond motifs is 1. The molecule has 1 aromatic rings. The fourth-order valence-electron chi connectivity index (χ4n) is 5.96. The lowest BCUT2D eigenvalue weighted by Crippen LogP contribution is -2.45. The summed E-state index contributed by atoms with van der Waals surface area (Å²) in [5.41, 5.74) is 0.783. The van der Waals surface area contributed by atoms with Gasteiger partial charge in [-0.3, -0.25) is 9.59 Å². The number of esters is 2. The van der Waals surface area contributed by atoms with Crippen molar-refractivity contribution in [2.24, 2.45) is 11.8 Å². The maximum Gasteiger partial charge on any atom is 0.338 e.